The lowest BCUT2D eigenvalue weighted by atomic mass is 9.90. The van der Waals surface area contributed by atoms with Crippen molar-refractivity contribution in [3.63, 3.8) is 0 Å². The summed E-state index contributed by atoms with van der Waals surface area (Å²) in [6, 6.07) is 6.10. The number of amidine groups is 1. The molecule has 0 saturated heterocycles. The lowest BCUT2D eigenvalue weighted by molar-refractivity contribution is 0.490. The Morgan fingerprint density at radius 1 is 1.17 bits per heavy atom. The summed E-state index contributed by atoms with van der Waals surface area (Å²) >= 11 is 5.64. The first-order chi connectivity index (χ1) is 11.2. The molecule has 0 amide bonds. The number of nitrogens with one attached hydrogen (secondary N) is 1. The zero-order valence-corrected chi connectivity index (χ0v) is 13.7. The van der Waals surface area contributed by atoms with Gasteiger partial charge in [-0.3, -0.25) is 0 Å². The van der Waals surface area contributed by atoms with Crippen LogP contribution in [0.15, 0.2) is 39.6 Å². The van der Waals surface area contributed by atoms with Gasteiger partial charge in [0.1, 0.15) is 10.7 Å². The van der Waals surface area contributed by atoms with Crippen LogP contribution in [0.1, 0.15) is 24.0 Å². The SMILES string of the molecule is CC(c1ccccc1F)c1c(F)c(F)cc2c1NC(Cl)=NS2(=O)=O. The molecular formula is C15H10ClF3N2O2S. The summed E-state index contributed by atoms with van der Waals surface area (Å²) in [6.07, 6.45) is 0. The summed E-state index contributed by atoms with van der Waals surface area (Å²) in [5.41, 5.74) is -0.501. The monoisotopic (exact) mass is 374 g/mol. The maximum absolute atomic E-state index is 14.4. The van der Waals surface area contributed by atoms with Crippen LogP contribution in [0.3, 0.4) is 0 Å². The highest BCUT2D eigenvalue weighted by molar-refractivity contribution is 7.90. The quantitative estimate of drug-likeness (QED) is 0.809. The van der Waals surface area contributed by atoms with E-state index in [0.29, 0.717) is 6.07 Å². The Kier molecular flexibility index (Phi) is 4.05. The number of sulfonamides is 1. The lowest BCUT2D eigenvalue weighted by Crippen LogP contribution is -2.21. The van der Waals surface area contributed by atoms with Crippen LogP contribution >= 0.6 is 11.6 Å². The molecule has 0 spiro atoms. The Labute approximate surface area is 141 Å². The predicted molar refractivity (Wildman–Crippen MR) is 84.4 cm³/mol. The van der Waals surface area contributed by atoms with Crippen LogP contribution in [0.4, 0.5) is 18.9 Å². The van der Waals surface area contributed by atoms with E-state index in [1.165, 1.54) is 31.2 Å². The van der Waals surface area contributed by atoms with Gasteiger partial charge in [0.15, 0.2) is 11.6 Å². The molecular weight excluding hydrogens is 365 g/mol. The van der Waals surface area contributed by atoms with Gasteiger partial charge in [0.2, 0.25) is 5.29 Å². The first-order valence-electron chi connectivity index (χ1n) is 6.76. The van der Waals surface area contributed by atoms with Crippen molar-refractivity contribution in [2.75, 3.05) is 5.32 Å². The minimum absolute atomic E-state index is 0.0852. The minimum atomic E-state index is -4.29. The summed E-state index contributed by atoms with van der Waals surface area (Å²) < 4.78 is 69.7. The Hall–Kier alpha value is -2.06. The first kappa shape index (κ1) is 16.8. The Balaban J connectivity index is 2.31. The van der Waals surface area contributed by atoms with Crippen molar-refractivity contribution in [2.24, 2.45) is 4.40 Å². The smallest absolute Gasteiger partial charge is 0.287 e. The van der Waals surface area contributed by atoms with Crippen LogP contribution in [-0.4, -0.2) is 13.7 Å². The Morgan fingerprint density at radius 2 is 1.83 bits per heavy atom. The normalized spacial score (nSPS) is 16.8. The molecule has 3 rings (SSSR count). The van der Waals surface area contributed by atoms with Crippen molar-refractivity contribution < 1.29 is 21.6 Å². The van der Waals surface area contributed by atoms with Crippen molar-refractivity contribution >= 4 is 32.6 Å². The van der Waals surface area contributed by atoms with Crippen LogP contribution in [0.2, 0.25) is 0 Å². The number of fused-ring (bicyclic) bond motifs is 1. The van der Waals surface area contributed by atoms with Gasteiger partial charge < -0.3 is 5.32 Å². The largest absolute Gasteiger partial charge is 0.328 e. The van der Waals surface area contributed by atoms with Gasteiger partial charge in [0.05, 0.1) is 5.69 Å². The van der Waals surface area contributed by atoms with Crippen LogP contribution in [0, 0.1) is 17.5 Å². The highest BCUT2D eigenvalue weighted by Crippen LogP contribution is 2.40. The number of nitrogens with zero attached hydrogens (tertiary/aromatic N) is 1. The molecule has 1 aliphatic rings. The van der Waals surface area contributed by atoms with Gasteiger partial charge in [-0.2, -0.15) is 8.42 Å². The van der Waals surface area contributed by atoms with Crippen molar-refractivity contribution in [1.82, 2.24) is 0 Å². The molecule has 126 valence electrons. The standard InChI is InChI=1S/C15H10ClF3N2O2S/c1-7(8-4-2-3-5-9(8)17)12-13(19)10(18)6-11-14(12)20-15(16)21-24(11,22)23/h2-7H,1H3,(H,20,21). The molecule has 0 aliphatic carbocycles. The van der Waals surface area contributed by atoms with Crippen LogP contribution in [-0.2, 0) is 10.0 Å². The average molecular weight is 375 g/mol. The number of hydrogen-bond acceptors (Lipinski definition) is 3. The molecule has 1 aliphatic heterocycles. The lowest BCUT2D eigenvalue weighted by Gasteiger charge is -2.23. The number of halogens is 4. The van der Waals surface area contributed by atoms with E-state index in [-0.39, 0.29) is 16.8 Å². The third-order valence-corrected chi connectivity index (χ3v) is 5.31. The molecule has 0 bridgehead atoms. The van der Waals surface area contributed by atoms with Crippen molar-refractivity contribution in [1.29, 1.82) is 0 Å². The Morgan fingerprint density at radius 3 is 2.50 bits per heavy atom. The second kappa shape index (κ2) is 5.78. The Bertz CT molecular complexity index is 977. The fraction of sp³-hybridized carbons (Fsp3) is 0.133. The zero-order valence-electron chi connectivity index (χ0n) is 12.1. The van der Waals surface area contributed by atoms with E-state index in [1.54, 1.807) is 0 Å². The van der Waals surface area contributed by atoms with Gasteiger partial charge in [-0.15, -0.1) is 4.40 Å². The molecule has 0 saturated carbocycles. The highest BCUT2D eigenvalue weighted by Gasteiger charge is 2.33. The van der Waals surface area contributed by atoms with Crippen molar-refractivity contribution in [3.05, 3.63) is 58.9 Å². The van der Waals surface area contributed by atoms with Crippen molar-refractivity contribution in [2.45, 2.75) is 17.7 Å². The second-order valence-corrected chi connectivity index (χ2v) is 7.12. The molecule has 1 heterocycles. The molecule has 4 nitrogen and oxygen atoms in total. The first-order valence-corrected chi connectivity index (χ1v) is 8.58. The van der Waals surface area contributed by atoms with E-state index in [4.69, 9.17) is 11.6 Å². The van der Waals surface area contributed by atoms with Crippen molar-refractivity contribution in [3.8, 4) is 0 Å². The fourth-order valence-corrected chi connectivity index (χ4v) is 4.02. The van der Waals surface area contributed by atoms with Gasteiger partial charge in [-0.25, -0.2) is 13.2 Å². The molecule has 0 radical (unpaired) electrons. The van der Waals surface area contributed by atoms with E-state index in [0.717, 1.165) is 0 Å². The molecule has 2 aromatic carbocycles. The molecule has 9 heteroatoms. The highest BCUT2D eigenvalue weighted by atomic mass is 35.5. The summed E-state index contributed by atoms with van der Waals surface area (Å²) in [7, 11) is -4.29. The molecule has 2 aromatic rings. The topological polar surface area (TPSA) is 58.5 Å². The zero-order chi connectivity index (χ0) is 17.6. The molecule has 0 aromatic heterocycles. The molecule has 0 fully saturated rings. The third-order valence-electron chi connectivity index (χ3n) is 3.73. The summed E-state index contributed by atoms with van der Waals surface area (Å²) in [6.45, 7) is 1.44. The maximum Gasteiger partial charge on any atom is 0.287 e. The van der Waals surface area contributed by atoms with Gasteiger partial charge in [0, 0.05) is 11.5 Å². The number of benzene rings is 2. The average Bonchev–Trinajstić information content (AvgIpc) is 2.49. The molecule has 1 N–H and O–H groups in total. The summed E-state index contributed by atoms with van der Waals surface area (Å²) in [5.74, 6) is -4.24. The van der Waals surface area contributed by atoms with E-state index in [9.17, 15) is 21.6 Å². The number of hydrogen-bond donors (Lipinski definition) is 1. The van der Waals surface area contributed by atoms with Gasteiger partial charge in [0.25, 0.3) is 10.0 Å². The predicted octanol–water partition coefficient (Wildman–Crippen LogP) is 3.96. The number of rotatable bonds is 2. The van der Waals surface area contributed by atoms with E-state index < -0.39 is 43.6 Å². The fourth-order valence-electron chi connectivity index (χ4n) is 2.62. The van der Waals surface area contributed by atoms with E-state index in [1.807, 2.05) is 0 Å². The third kappa shape index (κ3) is 2.65. The molecule has 24 heavy (non-hydrogen) atoms. The molecule has 1 unspecified atom stereocenters. The second-order valence-electron chi connectivity index (χ2n) is 5.18. The van der Waals surface area contributed by atoms with Crippen LogP contribution < -0.4 is 5.32 Å². The van der Waals surface area contributed by atoms with Gasteiger partial charge >= 0.3 is 0 Å². The van der Waals surface area contributed by atoms with E-state index >= 15 is 0 Å². The minimum Gasteiger partial charge on any atom is -0.328 e. The summed E-state index contributed by atoms with van der Waals surface area (Å²) in [5, 5.41) is 1.93. The van der Waals surface area contributed by atoms with Gasteiger partial charge in [-0.1, -0.05) is 25.1 Å². The van der Waals surface area contributed by atoms with Crippen LogP contribution in [0.5, 0.6) is 0 Å². The van der Waals surface area contributed by atoms with Crippen LogP contribution in [0.25, 0.3) is 0 Å². The summed E-state index contributed by atoms with van der Waals surface area (Å²) in [4.78, 5) is -0.552. The van der Waals surface area contributed by atoms with E-state index in [2.05, 4.69) is 9.71 Å². The van der Waals surface area contributed by atoms with Gasteiger partial charge in [-0.05, 0) is 29.3 Å². The molecule has 1 atom stereocenters. The number of anilines is 1. The maximum atomic E-state index is 14.4.